The fourth-order valence-corrected chi connectivity index (χ4v) is 4.14. The zero-order valence-corrected chi connectivity index (χ0v) is 16.1. The molecule has 0 aromatic heterocycles. The van der Waals surface area contributed by atoms with Gasteiger partial charge in [-0.15, -0.1) is 0 Å². The van der Waals surface area contributed by atoms with Gasteiger partial charge < -0.3 is 10.0 Å². The largest absolute Gasteiger partial charge is 0.393 e. The Balaban J connectivity index is 1.78. The molecule has 7 heteroatoms. The Morgan fingerprint density at radius 1 is 1.15 bits per heavy atom. The van der Waals surface area contributed by atoms with Crippen LogP contribution in [0.2, 0.25) is 0 Å². The third kappa shape index (κ3) is 4.74. The molecular formula is C20H24N2O4S. The molecule has 1 aliphatic rings. The van der Waals surface area contributed by atoms with Crippen LogP contribution in [0.25, 0.3) is 0 Å². The number of amides is 1. The van der Waals surface area contributed by atoms with Gasteiger partial charge in [-0.3, -0.25) is 4.79 Å². The zero-order chi connectivity index (χ0) is 19.4. The average Bonchev–Trinajstić information content (AvgIpc) is 2.67. The van der Waals surface area contributed by atoms with E-state index in [1.54, 1.807) is 17.9 Å². The van der Waals surface area contributed by atoms with E-state index in [9.17, 15) is 18.3 Å². The van der Waals surface area contributed by atoms with Crippen LogP contribution in [-0.4, -0.2) is 43.5 Å². The SMILES string of the molecule is Cc1ccc(S(=O)(=O)NCc2ccccc2)cc1C(=O)N1CCC(O)CC1. The number of nitrogens with one attached hydrogen (secondary N) is 1. The summed E-state index contributed by atoms with van der Waals surface area (Å²) in [5, 5.41) is 9.61. The minimum absolute atomic E-state index is 0.0735. The average molecular weight is 388 g/mol. The number of carbonyl (C=O) groups is 1. The predicted molar refractivity (Wildman–Crippen MR) is 103 cm³/mol. The number of aryl methyl sites for hydroxylation is 1. The maximum absolute atomic E-state index is 12.8. The summed E-state index contributed by atoms with van der Waals surface area (Å²) in [6, 6.07) is 13.9. The molecule has 0 unspecified atom stereocenters. The number of piperidine rings is 1. The minimum Gasteiger partial charge on any atom is -0.393 e. The summed E-state index contributed by atoms with van der Waals surface area (Å²) < 4.78 is 27.9. The van der Waals surface area contributed by atoms with Crippen molar-refractivity contribution in [3.05, 3.63) is 65.2 Å². The maximum Gasteiger partial charge on any atom is 0.254 e. The highest BCUT2D eigenvalue weighted by Crippen LogP contribution is 2.20. The number of hydrogen-bond donors (Lipinski definition) is 2. The third-order valence-corrected chi connectivity index (χ3v) is 6.21. The summed E-state index contributed by atoms with van der Waals surface area (Å²) >= 11 is 0. The lowest BCUT2D eigenvalue weighted by molar-refractivity contribution is 0.0545. The van der Waals surface area contributed by atoms with Gasteiger partial charge in [-0.05, 0) is 43.0 Å². The first-order valence-electron chi connectivity index (χ1n) is 8.98. The third-order valence-electron chi connectivity index (χ3n) is 4.81. The number of likely N-dealkylation sites (tertiary alicyclic amines) is 1. The van der Waals surface area contributed by atoms with Crippen LogP contribution in [0.3, 0.4) is 0 Å². The molecule has 6 nitrogen and oxygen atoms in total. The number of carbonyl (C=O) groups excluding carboxylic acids is 1. The van der Waals surface area contributed by atoms with E-state index in [-0.39, 0.29) is 23.5 Å². The van der Waals surface area contributed by atoms with Crippen molar-refractivity contribution < 1.29 is 18.3 Å². The van der Waals surface area contributed by atoms with Crippen molar-refractivity contribution >= 4 is 15.9 Å². The lowest BCUT2D eigenvalue weighted by Crippen LogP contribution is -2.40. The van der Waals surface area contributed by atoms with Crippen LogP contribution in [0.1, 0.15) is 34.3 Å². The summed E-state index contributed by atoms with van der Waals surface area (Å²) in [7, 11) is -3.73. The van der Waals surface area contributed by atoms with Crippen molar-refractivity contribution in [2.24, 2.45) is 0 Å². The Labute approximate surface area is 159 Å². The fourth-order valence-electron chi connectivity index (χ4n) is 3.10. The van der Waals surface area contributed by atoms with Gasteiger partial charge in [0.05, 0.1) is 11.0 Å². The number of hydrogen-bond acceptors (Lipinski definition) is 4. The highest BCUT2D eigenvalue weighted by atomic mass is 32.2. The molecule has 0 radical (unpaired) electrons. The van der Waals surface area contributed by atoms with Crippen molar-refractivity contribution in [2.75, 3.05) is 13.1 Å². The molecule has 1 aliphatic heterocycles. The standard InChI is InChI=1S/C20H24N2O4S/c1-15-7-8-18(27(25,26)21-14-16-5-3-2-4-6-16)13-19(15)20(24)22-11-9-17(23)10-12-22/h2-8,13,17,21,23H,9-12,14H2,1H3. The van der Waals surface area contributed by atoms with Gasteiger partial charge in [0.15, 0.2) is 0 Å². The van der Waals surface area contributed by atoms with Crippen molar-refractivity contribution in [2.45, 2.75) is 37.3 Å². The van der Waals surface area contributed by atoms with E-state index in [0.717, 1.165) is 11.1 Å². The molecule has 2 aromatic rings. The van der Waals surface area contributed by atoms with Gasteiger partial charge in [-0.2, -0.15) is 0 Å². The monoisotopic (exact) mass is 388 g/mol. The molecule has 0 atom stereocenters. The van der Waals surface area contributed by atoms with Gasteiger partial charge in [-0.1, -0.05) is 36.4 Å². The minimum atomic E-state index is -3.73. The Hall–Kier alpha value is -2.22. The van der Waals surface area contributed by atoms with E-state index in [2.05, 4.69) is 4.72 Å². The van der Waals surface area contributed by atoms with Crippen LogP contribution >= 0.6 is 0 Å². The first-order valence-corrected chi connectivity index (χ1v) is 10.5. The van der Waals surface area contributed by atoms with Gasteiger partial charge in [0.1, 0.15) is 0 Å². The van der Waals surface area contributed by atoms with Crippen LogP contribution in [0.5, 0.6) is 0 Å². The fraction of sp³-hybridized carbons (Fsp3) is 0.350. The van der Waals surface area contributed by atoms with Crippen molar-refractivity contribution in [3.63, 3.8) is 0 Å². The Morgan fingerprint density at radius 2 is 1.81 bits per heavy atom. The molecule has 144 valence electrons. The van der Waals surface area contributed by atoms with E-state index >= 15 is 0 Å². The number of aliphatic hydroxyl groups is 1. The number of aliphatic hydroxyl groups excluding tert-OH is 1. The molecule has 1 fully saturated rings. The Kier molecular flexibility index (Phi) is 5.94. The van der Waals surface area contributed by atoms with Gasteiger partial charge in [-0.25, -0.2) is 13.1 Å². The van der Waals surface area contributed by atoms with Crippen molar-refractivity contribution in [3.8, 4) is 0 Å². The maximum atomic E-state index is 12.8. The van der Waals surface area contributed by atoms with E-state index < -0.39 is 10.0 Å². The summed E-state index contributed by atoms with van der Waals surface area (Å²) in [5.74, 6) is -0.195. The number of rotatable bonds is 5. The van der Waals surface area contributed by atoms with E-state index in [1.807, 2.05) is 30.3 Å². The van der Waals surface area contributed by atoms with Crippen molar-refractivity contribution in [1.82, 2.24) is 9.62 Å². The lowest BCUT2D eigenvalue weighted by Gasteiger charge is -2.30. The summed E-state index contributed by atoms with van der Waals surface area (Å²) in [6.07, 6.45) is 0.715. The lowest BCUT2D eigenvalue weighted by atomic mass is 10.0. The predicted octanol–water partition coefficient (Wildman–Crippen LogP) is 2.07. The second-order valence-electron chi connectivity index (χ2n) is 6.81. The molecule has 2 N–H and O–H groups in total. The van der Waals surface area contributed by atoms with Crippen LogP contribution in [0.15, 0.2) is 53.4 Å². The molecule has 0 spiro atoms. The van der Waals surface area contributed by atoms with Crippen LogP contribution in [0, 0.1) is 6.92 Å². The second-order valence-corrected chi connectivity index (χ2v) is 8.58. The zero-order valence-electron chi connectivity index (χ0n) is 15.3. The molecule has 27 heavy (non-hydrogen) atoms. The molecule has 0 bridgehead atoms. The normalized spacial score (nSPS) is 15.7. The van der Waals surface area contributed by atoms with E-state index in [1.165, 1.54) is 12.1 Å². The molecule has 1 heterocycles. The topological polar surface area (TPSA) is 86.7 Å². The molecule has 2 aromatic carbocycles. The highest BCUT2D eigenvalue weighted by molar-refractivity contribution is 7.89. The van der Waals surface area contributed by atoms with Gasteiger partial charge in [0.25, 0.3) is 5.91 Å². The Bertz CT molecular complexity index is 905. The van der Waals surface area contributed by atoms with Gasteiger partial charge >= 0.3 is 0 Å². The van der Waals surface area contributed by atoms with Gasteiger partial charge in [0.2, 0.25) is 10.0 Å². The van der Waals surface area contributed by atoms with Crippen molar-refractivity contribution in [1.29, 1.82) is 0 Å². The molecule has 3 rings (SSSR count). The molecule has 1 amide bonds. The van der Waals surface area contributed by atoms with E-state index in [0.29, 0.717) is 31.5 Å². The second kappa shape index (κ2) is 8.21. The van der Waals surface area contributed by atoms with Gasteiger partial charge in [0, 0.05) is 25.2 Å². The van der Waals surface area contributed by atoms with Crippen LogP contribution in [-0.2, 0) is 16.6 Å². The highest BCUT2D eigenvalue weighted by Gasteiger charge is 2.25. The quantitative estimate of drug-likeness (QED) is 0.821. The number of nitrogens with zero attached hydrogens (tertiary/aromatic N) is 1. The molecule has 1 saturated heterocycles. The first-order chi connectivity index (χ1) is 12.9. The molecule has 0 aliphatic carbocycles. The molecular weight excluding hydrogens is 364 g/mol. The van der Waals surface area contributed by atoms with Crippen LogP contribution < -0.4 is 4.72 Å². The summed E-state index contributed by atoms with van der Waals surface area (Å²) in [5.41, 5.74) is 1.97. The number of benzene rings is 2. The number of sulfonamides is 1. The van der Waals surface area contributed by atoms with E-state index in [4.69, 9.17) is 0 Å². The smallest absolute Gasteiger partial charge is 0.254 e. The Morgan fingerprint density at radius 3 is 2.48 bits per heavy atom. The van der Waals surface area contributed by atoms with Crippen LogP contribution in [0.4, 0.5) is 0 Å². The summed E-state index contributed by atoms with van der Waals surface area (Å²) in [4.78, 5) is 14.6. The summed E-state index contributed by atoms with van der Waals surface area (Å²) in [6.45, 7) is 2.93. The molecule has 0 saturated carbocycles. The first kappa shape index (κ1) is 19.5.